The SMILES string of the molecule is CC(C)(C)[Si](C)(C)OCc1ccc(Br)nc1. The molecular weight excluding hydrogens is 282 g/mol. The van der Waals surface area contributed by atoms with E-state index in [-0.39, 0.29) is 5.04 Å². The summed E-state index contributed by atoms with van der Waals surface area (Å²) in [4.78, 5) is 4.19. The maximum absolute atomic E-state index is 6.10. The molecule has 1 aromatic rings. The predicted molar refractivity (Wildman–Crippen MR) is 73.9 cm³/mol. The Balaban J connectivity index is 2.61. The van der Waals surface area contributed by atoms with Gasteiger partial charge in [0.2, 0.25) is 0 Å². The topological polar surface area (TPSA) is 22.1 Å². The summed E-state index contributed by atoms with van der Waals surface area (Å²) in [6.45, 7) is 11.9. The van der Waals surface area contributed by atoms with Gasteiger partial charge in [-0.2, -0.15) is 0 Å². The van der Waals surface area contributed by atoms with Gasteiger partial charge in [-0.3, -0.25) is 0 Å². The zero-order valence-corrected chi connectivity index (χ0v) is 13.3. The van der Waals surface area contributed by atoms with Crippen LogP contribution >= 0.6 is 15.9 Å². The molecule has 0 spiro atoms. The van der Waals surface area contributed by atoms with Gasteiger partial charge in [0, 0.05) is 6.20 Å². The van der Waals surface area contributed by atoms with Crippen LogP contribution in [0.15, 0.2) is 22.9 Å². The molecule has 0 aliphatic heterocycles. The molecule has 0 unspecified atom stereocenters. The summed E-state index contributed by atoms with van der Waals surface area (Å²) in [5.74, 6) is 0. The van der Waals surface area contributed by atoms with Gasteiger partial charge in [-0.05, 0) is 45.7 Å². The number of nitrogens with zero attached hydrogens (tertiary/aromatic N) is 1. The molecular formula is C12H20BrNOSi. The largest absolute Gasteiger partial charge is 0.413 e. The molecule has 1 heterocycles. The normalized spacial score (nSPS) is 12.9. The van der Waals surface area contributed by atoms with Crippen LogP contribution in [-0.4, -0.2) is 13.3 Å². The molecule has 0 saturated carbocycles. The molecule has 0 atom stereocenters. The summed E-state index contributed by atoms with van der Waals surface area (Å²) in [6, 6.07) is 3.99. The van der Waals surface area contributed by atoms with Gasteiger partial charge >= 0.3 is 0 Å². The van der Waals surface area contributed by atoms with Crippen molar-refractivity contribution in [3.05, 3.63) is 28.5 Å². The van der Waals surface area contributed by atoms with Crippen LogP contribution in [0.1, 0.15) is 26.3 Å². The standard InChI is InChI=1S/C12H20BrNOSi/c1-12(2,3)16(4,5)15-9-10-6-7-11(13)14-8-10/h6-8H,9H2,1-5H3. The molecule has 2 nitrogen and oxygen atoms in total. The second kappa shape index (κ2) is 4.98. The Kier molecular flexibility index (Phi) is 4.32. The maximum atomic E-state index is 6.10. The van der Waals surface area contributed by atoms with Crippen LogP contribution in [0, 0.1) is 0 Å². The van der Waals surface area contributed by atoms with Crippen molar-refractivity contribution in [2.75, 3.05) is 0 Å². The molecule has 0 fully saturated rings. The lowest BCUT2D eigenvalue weighted by Crippen LogP contribution is -2.40. The first-order valence-corrected chi connectivity index (χ1v) is 9.17. The highest BCUT2D eigenvalue weighted by Crippen LogP contribution is 2.36. The fourth-order valence-electron chi connectivity index (χ4n) is 0.972. The van der Waals surface area contributed by atoms with E-state index in [0.717, 1.165) is 10.2 Å². The summed E-state index contributed by atoms with van der Waals surface area (Å²) >= 11 is 3.32. The summed E-state index contributed by atoms with van der Waals surface area (Å²) in [7, 11) is -1.64. The monoisotopic (exact) mass is 301 g/mol. The van der Waals surface area contributed by atoms with Crippen molar-refractivity contribution < 1.29 is 4.43 Å². The van der Waals surface area contributed by atoms with Crippen molar-refractivity contribution in [2.24, 2.45) is 0 Å². The average Bonchev–Trinajstić information content (AvgIpc) is 2.15. The molecule has 0 amide bonds. The third kappa shape index (κ3) is 3.68. The second-order valence-electron chi connectivity index (χ2n) is 5.54. The predicted octanol–water partition coefficient (Wildman–Crippen LogP) is 4.37. The van der Waals surface area contributed by atoms with Gasteiger partial charge in [0.25, 0.3) is 0 Å². The molecule has 0 N–H and O–H groups in total. The molecule has 0 saturated heterocycles. The fraction of sp³-hybridized carbons (Fsp3) is 0.583. The molecule has 4 heteroatoms. The van der Waals surface area contributed by atoms with E-state index >= 15 is 0 Å². The van der Waals surface area contributed by atoms with Crippen LogP contribution in [0.2, 0.25) is 18.1 Å². The average molecular weight is 302 g/mol. The lowest BCUT2D eigenvalue weighted by atomic mass is 10.2. The molecule has 1 rings (SSSR count). The third-order valence-corrected chi connectivity index (χ3v) is 8.14. The Hall–Kier alpha value is -0.193. The summed E-state index contributed by atoms with van der Waals surface area (Å²) < 4.78 is 6.97. The summed E-state index contributed by atoms with van der Waals surface area (Å²) in [6.07, 6.45) is 1.86. The number of hydrogen-bond acceptors (Lipinski definition) is 2. The second-order valence-corrected chi connectivity index (χ2v) is 11.2. The highest BCUT2D eigenvalue weighted by molar-refractivity contribution is 9.10. The van der Waals surface area contributed by atoms with Gasteiger partial charge in [0.1, 0.15) is 4.60 Å². The van der Waals surface area contributed by atoms with Crippen LogP contribution in [0.5, 0.6) is 0 Å². The van der Waals surface area contributed by atoms with E-state index in [1.807, 2.05) is 18.3 Å². The van der Waals surface area contributed by atoms with Gasteiger partial charge < -0.3 is 4.43 Å². The minimum atomic E-state index is -1.64. The van der Waals surface area contributed by atoms with Gasteiger partial charge in [0.05, 0.1) is 6.61 Å². The van der Waals surface area contributed by atoms with E-state index in [0.29, 0.717) is 6.61 Å². The maximum Gasteiger partial charge on any atom is 0.192 e. The molecule has 1 aromatic heterocycles. The van der Waals surface area contributed by atoms with Crippen LogP contribution < -0.4 is 0 Å². The summed E-state index contributed by atoms with van der Waals surface area (Å²) in [5, 5.41) is 0.260. The van der Waals surface area contributed by atoms with E-state index in [2.05, 4.69) is 54.8 Å². The highest BCUT2D eigenvalue weighted by Gasteiger charge is 2.36. The number of pyridine rings is 1. The van der Waals surface area contributed by atoms with E-state index in [9.17, 15) is 0 Å². The van der Waals surface area contributed by atoms with Crippen molar-refractivity contribution in [1.29, 1.82) is 0 Å². The number of rotatable bonds is 3. The molecule has 90 valence electrons. The first kappa shape index (κ1) is 13.9. The first-order chi connectivity index (χ1) is 7.22. The van der Waals surface area contributed by atoms with Crippen LogP contribution in [0.25, 0.3) is 0 Å². The Labute approximate surface area is 108 Å². The van der Waals surface area contributed by atoms with E-state index < -0.39 is 8.32 Å². The van der Waals surface area contributed by atoms with Crippen LogP contribution in [0.3, 0.4) is 0 Å². The number of aromatic nitrogens is 1. The Morgan fingerprint density at radius 1 is 1.31 bits per heavy atom. The molecule has 16 heavy (non-hydrogen) atoms. The zero-order valence-electron chi connectivity index (χ0n) is 10.7. The lowest BCUT2D eigenvalue weighted by Gasteiger charge is -2.36. The Morgan fingerprint density at radius 2 is 1.94 bits per heavy atom. The Morgan fingerprint density at radius 3 is 2.38 bits per heavy atom. The van der Waals surface area contributed by atoms with Gasteiger partial charge in [-0.25, -0.2) is 4.98 Å². The lowest BCUT2D eigenvalue weighted by molar-refractivity contribution is 0.276. The molecule has 0 radical (unpaired) electrons. The zero-order chi connectivity index (χ0) is 12.4. The molecule has 0 aliphatic rings. The molecule has 0 aliphatic carbocycles. The van der Waals surface area contributed by atoms with Crippen molar-refractivity contribution in [3.63, 3.8) is 0 Å². The Bertz CT molecular complexity index is 343. The van der Waals surface area contributed by atoms with Crippen molar-refractivity contribution in [1.82, 2.24) is 4.98 Å². The quantitative estimate of drug-likeness (QED) is 0.611. The third-order valence-electron chi connectivity index (χ3n) is 3.19. The van der Waals surface area contributed by atoms with E-state index in [4.69, 9.17) is 4.43 Å². The van der Waals surface area contributed by atoms with Crippen molar-refractivity contribution >= 4 is 24.2 Å². The van der Waals surface area contributed by atoms with Gasteiger partial charge in [-0.1, -0.05) is 26.8 Å². The van der Waals surface area contributed by atoms with Crippen molar-refractivity contribution in [3.8, 4) is 0 Å². The fourth-order valence-corrected chi connectivity index (χ4v) is 2.17. The highest BCUT2D eigenvalue weighted by atomic mass is 79.9. The summed E-state index contributed by atoms with van der Waals surface area (Å²) in [5.41, 5.74) is 1.13. The first-order valence-electron chi connectivity index (χ1n) is 5.47. The van der Waals surface area contributed by atoms with Crippen LogP contribution in [-0.2, 0) is 11.0 Å². The van der Waals surface area contributed by atoms with Gasteiger partial charge in [-0.15, -0.1) is 0 Å². The minimum Gasteiger partial charge on any atom is -0.413 e. The van der Waals surface area contributed by atoms with Gasteiger partial charge in [0.15, 0.2) is 8.32 Å². The minimum absolute atomic E-state index is 0.260. The van der Waals surface area contributed by atoms with E-state index in [1.165, 1.54) is 0 Å². The number of hydrogen-bond donors (Lipinski definition) is 0. The van der Waals surface area contributed by atoms with E-state index in [1.54, 1.807) is 0 Å². The van der Waals surface area contributed by atoms with Crippen molar-refractivity contribution in [2.45, 2.75) is 45.5 Å². The number of halogens is 1. The molecule has 0 aromatic carbocycles. The molecule has 0 bridgehead atoms. The van der Waals surface area contributed by atoms with Crippen LogP contribution in [0.4, 0.5) is 0 Å². The smallest absolute Gasteiger partial charge is 0.192 e.